The number of carbonyl (C=O) groups excluding carboxylic acids is 1. The zero-order chi connectivity index (χ0) is 16.8. The van der Waals surface area contributed by atoms with Gasteiger partial charge in [0.1, 0.15) is 5.76 Å². The number of rotatable bonds is 8. The third-order valence-corrected chi connectivity index (χ3v) is 5.00. The smallest absolute Gasteiger partial charge is 0.236 e. The molecule has 0 radical (unpaired) electrons. The van der Waals surface area contributed by atoms with Crippen LogP contribution in [0.25, 0.3) is 10.8 Å². The molecule has 0 aliphatic heterocycles. The van der Waals surface area contributed by atoms with E-state index in [1.807, 2.05) is 29.3 Å². The molecule has 0 fully saturated rings. The Kier molecular flexibility index (Phi) is 6.39. The monoisotopic (exact) mass is 334 g/mol. The van der Waals surface area contributed by atoms with Crippen LogP contribution in [0.1, 0.15) is 51.5 Å². The van der Waals surface area contributed by atoms with Gasteiger partial charge in [0.05, 0.1) is 17.0 Å². The molecule has 1 unspecified atom stereocenters. The fourth-order valence-corrected chi connectivity index (χ4v) is 3.13. The molecule has 0 bridgehead atoms. The van der Waals surface area contributed by atoms with Crippen molar-refractivity contribution in [2.45, 2.75) is 59.4 Å². The van der Waals surface area contributed by atoms with Gasteiger partial charge in [0.25, 0.3) is 0 Å². The van der Waals surface area contributed by atoms with Crippen LogP contribution < -0.4 is 0 Å². The van der Waals surface area contributed by atoms with Crippen LogP contribution in [0.15, 0.2) is 21.9 Å². The van der Waals surface area contributed by atoms with Crippen molar-refractivity contribution in [3.8, 4) is 10.8 Å². The molecule has 5 heteroatoms. The number of nitrogens with zero attached hydrogens (tertiary/aromatic N) is 2. The Morgan fingerprint density at radius 1 is 1.43 bits per heavy atom. The van der Waals surface area contributed by atoms with Crippen molar-refractivity contribution in [2.24, 2.45) is 0 Å². The van der Waals surface area contributed by atoms with Gasteiger partial charge in [-0.05, 0) is 38.1 Å². The maximum atomic E-state index is 12.7. The number of amides is 1. The van der Waals surface area contributed by atoms with Crippen LogP contribution in [0.5, 0.6) is 0 Å². The van der Waals surface area contributed by atoms with Gasteiger partial charge in [0, 0.05) is 12.6 Å². The van der Waals surface area contributed by atoms with Crippen molar-refractivity contribution in [1.82, 2.24) is 9.88 Å². The molecular formula is C18H26N2O2S. The number of oxazole rings is 1. The second-order valence-electron chi connectivity index (χ2n) is 5.87. The highest BCUT2D eigenvalue weighted by molar-refractivity contribution is 7.13. The summed E-state index contributed by atoms with van der Waals surface area (Å²) in [5.74, 6) is 1.49. The highest BCUT2D eigenvalue weighted by Crippen LogP contribution is 2.26. The average Bonchev–Trinajstić information content (AvgIpc) is 3.18. The Hall–Kier alpha value is -1.62. The molecule has 0 saturated carbocycles. The normalized spacial score (nSPS) is 12.3. The van der Waals surface area contributed by atoms with E-state index in [2.05, 4.69) is 25.8 Å². The molecule has 0 saturated heterocycles. The number of aryl methyl sites for hydroxylation is 1. The molecule has 1 amide bonds. The van der Waals surface area contributed by atoms with E-state index < -0.39 is 0 Å². The third kappa shape index (κ3) is 4.44. The number of hydrogen-bond donors (Lipinski definition) is 0. The lowest BCUT2D eigenvalue weighted by molar-refractivity contribution is -0.132. The Bertz CT molecular complexity index is 619. The van der Waals surface area contributed by atoms with Crippen molar-refractivity contribution in [2.75, 3.05) is 6.54 Å². The van der Waals surface area contributed by atoms with Gasteiger partial charge in [-0.15, -0.1) is 11.3 Å². The minimum absolute atomic E-state index is 0.141. The highest BCUT2D eigenvalue weighted by atomic mass is 32.1. The lowest BCUT2D eigenvalue weighted by Crippen LogP contribution is -2.40. The molecule has 2 aromatic rings. The molecule has 2 rings (SSSR count). The van der Waals surface area contributed by atoms with Crippen LogP contribution in [0.4, 0.5) is 0 Å². The van der Waals surface area contributed by atoms with Gasteiger partial charge in [-0.25, -0.2) is 4.98 Å². The topological polar surface area (TPSA) is 46.3 Å². The maximum Gasteiger partial charge on any atom is 0.236 e. The van der Waals surface area contributed by atoms with Gasteiger partial charge in [-0.1, -0.05) is 26.3 Å². The Labute approximate surface area is 142 Å². The number of aromatic nitrogens is 1. The lowest BCUT2D eigenvalue weighted by Gasteiger charge is -2.28. The minimum atomic E-state index is 0.141. The number of hydrogen-bond acceptors (Lipinski definition) is 4. The molecule has 0 N–H and O–H groups in total. The predicted molar refractivity (Wildman–Crippen MR) is 94.6 cm³/mol. The first-order valence-electron chi connectivity index (χ1n) is 8.36. The van der Waals surface area contributed by atoms with Gasteiger partial charge in [-0.2, -0.15) is 0 Å². The molecule has 1 atom stereocenters. The number of thiophene rings is 1. The van der Waals surface area contributed by atoms with Crippen LogP contribution in [0.2, 0.25) is 0 Å². The largest absolute Gasteiger partial charge is 0.440 e. The average molecular weight is 334 g/mol. The van der Waals surface area contributed by atoms with E-state index in [0.29, 0.717) is 12.3 Å². The summed E-state index contributed by atoms with van der Waals surface area (Å²) in [7, 11) is 0. The van der Waals surface area contributed by atoms with Crippen molar-refractivity contribution in [1.29, 1.82) is 0 Å². The van der Waals surface area contributed by atoms with Crippen LogP contribution in [-0.4, -0.2) is 28.4 Å². The fraction of sp³-hybridized carbons (Fsp3) is 0.556. The number of unbranched alkanes of at least 4 members (excludes halogenated alkanes) is 1. The second-order valence-corrected chi connectivity index (χ2v) is 6.82. The molecule has 0 aliphatic rings. The molecule has 2 aromatic heterocycles. The molecular weight excluding hydrogens is 308 g/mol. The Morgan fingerprint density at radius 3 is 2.83 bits per heavy atom. The summed E-state index contributed by atoms with van der Waals surface area (Å²) in [5.41, 5.74) is 0.753. The minimum Gasteiger partial charge on any atom is -0.440 e. The standard InChI is InChI=1S/C18H26N2O2S/c1-5-7-10-20(13(3)6-2)17(21)12-15-14(4)22-18(19-15)16-9-8-11-23-16/h8-9,11,13H,5-7,10,12H2,1-4H3. The second kappa shape index (κ2) is 8.29. The molecule has 126 valence electrons. The first kappa shape index (κ1) is 17.7. The van der Waals surface area contributed by atoms with Gasteiger partial charge < -0.3 is 9.32 Å². The molecule has 0 spiro atoms. The van der Waals surface area contributed by atoms with E-state index in [1.54, 1.807) is 11.3 Å². The highest BCUT2D eigenvalue weighted by Gasteiger charge is 2.22. The van der Waals surface area contributed by atoms with Gasteiger partial charge in [0.15, 0.2) is 0 Å². The van der Waals surface area contributed by atoms with Crippen LogP contribution >= 0.6 is 11.3 Å². The van der Waals surface area contributed by atoms with Crippen LogP contribution in [0.3, 0.4) is 0 Å². The van der Waals surface area contributed by atoms with E-state index in [-0.39, 0.29) is 11.9 Å². The van der Waals surface area contributed by atoms with Crippen LogP contribution in [-0.2, 0) is 11.2 Å². The SMILES string of the molecule is CCCCN(C(=O)Cc1nc(-c2cccs2)oc1C)C(C)CC. The molecule has 23 heavy (non-hydrogen) atoms. The quantitative estimate of drug-likeness (QED) is 0.704. The molecule has 4 nitrogen and oxygen atoms in total. The van der Waals surface area contributed by atoms with E-state index in [4.69, 9.17) is 4.42 Å². The Balaban J connectivity index is 2.11. The zero-order valence-corrected chi connectivity index (χ0v) is 15.3. The fourth-order valence-electron chi connectivity index (χ4n) is 2.48. The van der Waals surface area contributed by atoms with Crippen molar-refractivity contribution < 1.29 is 9.21 Å². The van der Waals surface area contributed by atoms with Gasteiger partial charge in [0.2, 0.25) is 11.8 Å². The molecule has 0 aliphatic carbocycles. The van der Waals surface area contributed by atoms with Gasteiger partial charge >= 0.3 is 0 Å². The lowest BCUT2D eigenvalue weighted by atomic mass is 10.1. The number of carbonyl (C=O) groups is 1. The van der Waals surface area contributed by atoms with Crippen molar-refractivity contribution in [3.63, 3.8) is 0 Å². The summed E-state index contributed by atoms with van der Waals surface area (Å²) in [6.45, 7) is 9.08. The first-order valence-corrected chi connectivity index (χ1v) is 9.24. The first-order chi connectivity index (χ1) is 11.1. The van der Waals surface area contributed by atoms with Gasteiger partial charge in [-0.3, -0.25) is 4.79 Å². The van der Waals surface area contributed by atoms with Crippen molar-refractivity contribution in [3.05, 3.63) is 29.0 Å². The maximum absolute atomic E-state index is 12.7. The molecule has 0 aromatic carbocycles. The van der Waals surface area contributed by atoms with E-state index >= 15 is 0 Å². The van der Waals surface area contributed by atoms with Crippen molar-refractivity contribution >= 4 is 17.2 Å². The zero-order valence-electron chi connectivity index (χ0n) is 14.5. The molecule has 2 heterocycles. The Morgan fingerprint density at radius 2 is 2.22 bits per heavy atom. The van der Waals surface area contributed by atoms with Crippen LogP contribution in [0, 0.1) is 6.92 Å². The predicted octanol–water partition coefficient (Wildman–Crippen LogP) is 4.68. The van der Waals surface area contributed by atoms with E-state index in [1.165, 1.54) is 0 Å². The summed E-state index contributed by atoms with van der Waals surface area (Å²) in [6, 6.07) is 4.21. The summed E-state index contributed by atoms with van der Waals surface area (Å²) in [5, 5.41) is 2.00. The van der Waals surface area contributed by atoms with E-state index in [9.17, 15) is 4.79 Å². The summed E-state index contributed by atoms with van der Waals surface area (Å²) >= 11 is 1.59. The van der Waals surface area contributed by atoms with E-state index in [0.717, 1.165) is 42.1 Å². The summed E-state index contributed by atoms with van der Waals surface area (Å²) in [6.07, 6.45) is 3.41. The summed E-state index contributed by atoms with van der Waals surface area (Å²) in [4.78, 5) is 20.2. The summed E-state index contributed by atoms with van der Waals surface area (Å²) < 4.78 is 5.74. The third-order valence-electron chi connectivity index (χ3n) is 4.14.